The van der Waals surface area contributed by atoms with Gasteiger partial charge in [0.1, 0.15) is 11.4 Å². The van der Waals surface area contributed by atoms with Crippen LogP contribution in [0.4, 0.5) is 5.69 Å². The molecule has 7 nitrogen and oxygen atoms in total. The Morgan fingerprint density at radius 1 is 1.20 bits per heavy atom. The summed E-state index contributed by atoms with van der Waals surface area (Å²) >= 11 is 0. The summed E-state index contributed by atoms with van der Waals surface area (Å²) in [5.74, 6) is 0.655. The lowest BCUT2D eigenvalue weighted by Crippen LogP contribution is -2.37. The molecular weight excluding hydrogens is 380 g/mol. The summed E-state index contributed by atoms with van der Waals surface area (Å²) in [6.45, 7) is 1.24. The SMILES string of the molecule is O=C1CCc2cc(OCC(=O)N3CC=C(c4c[nH]c5ncccc45)CC3)ccc2N1. The van der Waals surface area contributed by atoms with Gasteiger partial charge in [-0.2, -0.15) is 0 Å². The Labute approximate surface area is 173 Å². The first kappa shape index (κ1) is 18.4. The number of nitrogens with zero attached hydrogens (tertiary/aromatic N) is 2. The van der Waals surface area contributed by atoms with E-state index < -0.39 is 0 Å². The van der Waals surface area contributed by atoms with Crippen LogP contribution in [0.25, 0.3) is 16.6 Å². The minimum atomic E-state index is -0.0306. The Morgan fingerprint density at radius 3 is 3.00 bits per heavy atom. The van der Waals surface area contributed by atoms with Crippen molar-refractivity contribution >= 4 is 34.1 Å². The minimum absolute atomic E-state index is 0.00528. The molecule has 2 N–H and O–H groups in total. The van der Waals surface area contributed by atoms with Crippen molar-refractivity contribution in [3.63, 3.8) is 0 Å². The van der Waals surface area contributed by atoms with E-state index in [1.54, 1.807) is 12.3 Å². The molecule has 0 radical (unpaired) electrons. The number of carbonyl (C=O) groups is 2. The summed E-state index contributed by atoms with van der Waals surface area (Å²) in [4.78, 5) is 33.4. The highest BCUT2D eigenvalue weighted by Gasteiger charge is 2.20. The second-order valence-corrected chi connectivity index (χ2v) is 7.58. The van der Waals surface area contributed by atoms with Crippen molar-refractivity contribution in [2.75, 3.05) is 25.0 Å². The number of rotatable bonds is 4. The largest absolute Gasteiger partial charge is 0.484 e. The number of pyridine rings is 1. The van der Waals surface area contributed by atoms with E-state index in [0.717, 1.165) is 34.3 Å². The van der Waals surface area contributed by atoms with Gasteiger partial charge in [0.25, 0.3) is 5.91 Å². The highest BCUT2D eigenvalue weighted by atomic mass is 16.5. The lowest BCUT2D eigenvalue weighted by molar-refractivity contribution is -0.132. The van der Waals surface area contributed by atoms with E-state index in [-0.39, 0.29) is 18.4 Å². The number of carbonyl (C=O) groups excluding carboxylic acids is 2. The molecule has 4 heterocycles. The van der Waals surface area contributed by atoms with Gasteiger partial charge in [-0.15, -0.1) is 0 Å². The monoisotopic (exact) mass is 402 g/mol. The van der Waals surface area contributed by atoms with E-state index >= 15 is 0 Å². The maximum Gasteiger partial charge on any atom is 0.260 e. The number of H-pyrrole nitrogens is 1. The molecule has 2 aliphatic rings. The molecule has 0 saturated carbocycles. The Kier molecular flexibility index (Phi) is 4.71. The predicted octanol–water partition coefficient (Wildman–Crippen LogP) is 3.14. The number of ether oxygens (including phenoxy) is 1. The number of aromatic nitrogens is 2. The fraction of sp³-hybridized carbons (Fsp3) is 0.261. The summed E-state index contributed by atoms with van der Waals surface area (Å²) < 4.78 is 5.73. The molecule has 0 aliphatic carbocycles. The summed E-state index contributed by atoms with van der Waals surface area (Å²) in [5, 5.41) is 3.96. The molecule has 0 bridgehead atoms. The molecule has 5 rings (SSSR count). The summed E-state index contributed by atoms with van der Waals surface area (Å²) in [6.07, 6.45) is 7.84. The fourth-order valence-electron chi connectivity index (χ4n) is 4.05. The van der Waals surface area contributed by atoms with Crippen molar-refractivity contribution in [2.24, 2.45) is 0 Å². The smallest absolute Gasteiger partial charge is 0.260 e. The van der Waals surface area contributed by atoms with Crippen LogP contribution in [-0.2, 0) is 16.0 Å². The van der Waals surface area contributed by atoms with E-state index in [1.807, 2.05) is 29.3 Å². The van der Waals surface area contributed by atoms with Gasteiger partial charge in [0.15, 0.2) is 6.61 Å². The standard InChI is InChI=1S/C23H22N4O3/c28-21-6-3-16-12-17(4-5-20(16)26-21)30-14-22(29)27-10-7-15(8-11-27)19-13-25-23-18(19)2-1-9-24-23/h1-2,4-5,7,9,12-13H,3,6,8,10-11,14H2,(H,24,25)(H,26,28). The van der Waals surface area contributed by atoms with Gasteiger partial charge in [-0.1, -0.05) is 6.08 Å². The molecule has 0 spiro atoms. The van der Waals surface area contributed by atoms with Crippen LogP contribution in [0.15, 0.2) is 48.8 Å². The van der Waals surface area contributed by atoms with Crippen LogP contribution in [-0.4, -0.2) is 46.4 Å². The molecule has 2 aromatic heterocycles. The number of benzene rings is 1. The average molecular weight is 402 g/mol. The number of fused-ring (bicyclic) bond motifs is 2. The van der Waals surface area contributed by atoms with Crippen molar-refractivity contribution in [1.82, 2.24) is 14.9 Å². The molecule has 3 aromatic rings. The number of nitrogens with one attached hydrogen (secondary N) is 2. The Hall–Kier alpha value is -3.61. The van der Waals surface area contributed by atoms with Gasteiger partial charge in [0, 0.05) is 48.5 Å². The van der Waals surface area contributed by atoms with Crippen molar-refractivity contribution < 1.29 is 14.3 Å². The molecule has 0 unspecified atom stereocenters. The first-order valence-electron chi connectivity index (χ1n) is 10.1. The second-order valence-electron chi connectivity index (χ2n) is 7.58. The van der Waals surface area contributed by atoms with E-state index in [4.69, 9.17) is 4.74 Å². The third-order valence-corrected chi connectivity index (χ3v) is 5.69. The van der Waals surface area contributed by atoms with Gasteiger partial charge in [-0.05, 0) is 54.3 Å². The number of anilines is 1. The lowest BCUT2D eigenvalue weighted by Gasteiger charge is -2.26. The van der Waals surface area contributed by atoms with Crippen molar-refractivity contribution in [1.29, 1.82) is 0 Å². The topological polar surface area (TPSA) is 87.3 Å². The first-order valence-corrected chi connectivity index (χ1v) is 10.1. The molecule has 152 valence electrons. The van der Waals surface area contributed by atoms with Gasteiger partial charge < -0.3 is 19.9 Å². The highest BCUT2D eigenvalue weighted by molar-refractivity contribution is 5.94. The number of aromatic amines is 1. The fourth-order valence-corrected chi connectivity index (χ4v) is 4.05. The maximum atomic E-state index is 12.6. The molecular formula is C23H22N4O3. The van der Waals surface area contributed by atoms with Crippen LogP contribution in [0.5, 0.6) is 5.75 Å². The van der Waals surface area contributed by atoms with E-state index in [9.17, 15) is 9.59 Å². The molecule has 0 saturated heterocycles. The van der Waals surface area contributed by atoms with Crippen LogP contribution in [0, 0.1) is 0 Å². The van der Waals surface area contributed by atoms with Crippen LogP contribution >= 0.6 is 0 Å². The molecule has 7 heteroatoms. The van der Waals surface area contributed by atoms with E-state index in [0.29, 0.717) is 31.7 Å². The van der Waals surface area contributed by atoms with Crippen molar-refractivity contribution in [3.8, 4) is 5.75 Å². The van der Waals surface area contributed by atoms with Crippen LogP contribution in [0.1, 0.15) is 24.0 Å². The molecule has 2 aliphatic heterocycles. The third kappa shape index (κ3) is 3.54. The summed E-state index contributed by atoms with van der Waals surface area (Å²) in [6, 6.07) is 9.52. The zero-order valence-corrected chi connectivity index (χ0v) is 16.5. The predicted molar refractivity (Wildman–Crippen MR) is 114 cm³/mol. The van der Waals surface area contributed by atoms with E-state index in [1.165, 1.54) is 5.57 Å². The lowest BCUT2D eigenvalue weighted by atomic mass is 9.99. The zero-order chi connectivity index (χ0) is 20.5. The van der Waals surface area contributed by atoms with Gasteiger partial charge >= 0.3 is 0 Å². The first-order chi connectivity index (χ1) is 14.7. The normalized spacial score (nSPS) is 16.1. The summed E-state index contributed by atoms with van der Waals surface area (Å²) in [7, 11) is 0. The Balaban J connectivity index is 1.20. The number of aryl methyl sites for hydroxylation is 1. The number of hydrogen-bond donors (Lipinski definition) is 2. The Bertz CT molecular complexity index is 1160. The van der Waals surface area contributed by atoms with Gasteiger partial charge in [-0.25, -0.2) is 4.98 Å². The highest BCUT2D eigenvalue weighted by Crippen LogP contribution is 2.29. The van der Waals surface area contributed by atoms with Crippen LogP contribution in [0.2, 0.25) is 0 Å². The third-order valence-electron chi connectivity index (χ3n) is 5.69. The summed E-state index contributed by atoms with van der Waals surface area (Å²) in [5.41, 5.74) is 5.13. The minimum Gasteiger partial charge on any atom is -0.484 e. The van der Waals surface area contributed by atoms with Crippen LogP contribution in [0.3, 0.4) is 0 Å². The Morgan fingerprint density at radius 2 is 2.13 bits per heavy atom. The van der Waals surface area contributed by atoms with Gasteiger partial charge in [0.05, 0.1) is 0 Å². The van der Waals surface area contributed by atoms with E-state index in [2.05, 4.69) is 27.4 Å². The molecule has 1 aromatic carbocycles. The van der Waals surface area contributed by atoms with Gasteiger partial charge in [0.2, 0.25) is 5.91 Å². The molecule has 2 amide bonds. The van der Waals surface area contributed by atoms with Crippen LogP contribution < -0.4 is 10.1 Å². The van der Waals surface area contributed by atoms with Crippen molar-refractivity contribution in [2.45, 2.75) is 19.3 Å². The number of amides is 2. The maximum absolute atomic E-state index is 12.6. The molecule has 30 heavy (non-hydrogen) atoms. The van der Waals surface area contributed by atoms with Crippen molar-refractivity contribution in [3.05, 3.63) is 59.9 Å². The molecule has 0 fully saturated rings. The number of hydrogen-bond acceptors (Lipinski definition) is 4. The zero-order valence-electron chi connectivity index (χ0n) is 16.5. The van der Waals surface area contributed by atoms with Gasteiger partial charge in [-0.3, -0.25) is 9.59 Å². The average Bonchev–Trinajstić information content (AvgIpc) is 3.22. The second kappa shape index (κ2) is 7.67. The molecule has 0 atom stereocenters. The quantitative estimate of drug-likeness (QED) is 0.702.